The van der Waals surface area contributed by atoms with Crippen LogP contribution in [0.25, 0.3) is 0 Å². The smallest absolute Gasteiger partial charge is 0.266 e. The van der Waals surface area contributed by atoms with Gasteiger partial charge in [-0.05, 0) is 40.0 Å². The van der Waals surface area contributed by atoms with E-state index in [1.54, 1.807) is 12.1 Å². The van der Waals surface area contributed by atoms with Gasteiger partial charge in [0.1, 0.15) is 10.7 Å². The van der Waals surface area contributed by atoms with Crippen LogP contribution in [0.1, 0.15) is 24.7 Å². The molecule has 0 fully saturated rings. The van der Waals surface area contributed by atoms with E-state index in [0.29, 0.717) is 11.4 Å². The average molecular weight is 373 g/mol. The van der Waals surface area contributed by atoms with E-state index in [1.165, 1.54) is 11.6 Å². The number of nitrogens with one attached hydrogen (secondary N) is 1. The number of halogens is 1. The lowest BCUT2D eigenvalue weighted by Gasteiger charge is -2.07. The van der Waals surface area contributed by atoms with E-state index >= 15 is 0 Å². The van der Waals surface area contributed by atoms with Crippen molar-refractivity contribution in [2.24, 2.45) is 5.73 Å². The zero-order valence-corrected chi connectivity index (χ0v) is 14.0. The van der Waals surface area contributed by atoms with Gasteiger partial charge >= 0.3 is 0 Å². The molecule has 1 aromatic carbocycles. The lowest BCUT2D eigenvalue weighted by Crippen LogP contribution is -2.12. The van der Waals surface area contributed by atoms with Gasteiger partial charge in [0.2, 0.25) is 0 Å². The van der Waals surface area contributed by atoms with Crippen molar-refractivity contribution in [3.05, 3.63) is 46.3 Å². The zero-order valence-electron chi connectivity index (χ0n) is 11.6. The number of furan rings is 1. The first kappa shape index (κ1) is 16.1. The largest absolute Gasteiger partial charge is 0.452 e. The fourth-order valence-corrected chi connectivity index (χ4v) is 3.98. The first-order chi connectivity index (χ1) is 9.96. The van der Waals surface area contributed by atoms with Crippen LogP contribution in [0.15, 0.2) is 44.3 Å². The second-order valence-electron chi connectivity index (χ2n) is 4.61. The summed E-state index contributed by atoms with van der Waals surface area (Å²) in [5.74, 6) is 0.403. The monoisotopic (exact) mass is 372 g/mol. The molecular weight excluding hydrogens is 356 g/mol. The molecule has 0 spiro atoms. The van der Waals surface area contributed by atoms with Gasteiger partial charge in [0.25, 0.3) is 10.0 Å². The lowest BCUT2D eigenvalue weighted by molar-refractivity contribution is 0.484. The summed E-state index contributed by atoms with van der Waals surface area (Å²) in [7, 11) is -3.70. The van der Waals surface area contributed by atoms with Gasteiger partial charge in [0, 0.05) is 11.8 Å². The lowest BCUT2D eigenvalue weighted by atomic mass is 10.1. The van der Waals surface area contributed by atoms with Crippen LogP contribution in [0, 0.1) is 0 Å². The van der Waals surface area contributed by atoms with Gasteiger partial charge in [-0.1, -0.05) is 25.5 Å². The number of aryl methyl sites for hydroxylation is 1. The van der Waals surface area contributed by atoms with Crippen LogP contribution in [0.2, 0.25) is 0 Å². The van der Waals surface area contributed by atoms with Crippen molar-refractivity contribution < 1.29 is 12.8 Å². The van der Waals surface area contributed by atoms with E-state index in [9.17, 15) is 8.42 Å². The van der Waals surface area contributed by atoms with Crippen molar-refractivity contribution in [3.63, 3.8) is 0 Å². The summed E-state index contributed by atoms with van der Waals surface area (Å²) in [5, 5.41) is 0. The van der Waals surface area contributed by atoms with Crippen LogP contribution < -0.4 is 10.5 Å². The molecule has 21 heavy (non-hydrogen) atoms. The van der Waals surface area contributed by atoms with Crippen LogP contribution in [-0.2, 0) is 23.0 Å². The number of sulfonamides is 1. The van der Waals surface area contributed by atoms with Crippen LogP contribution in [0.3, 0.4) is 0 Å². The minimum atomic E-state index is -3.70. The summed E-state index contributed by atoms with van der Waals surface area (Å²) in [6.07, 6.45) is 2.02. The third kappa shape index (κ3) is 3.87. The van der Waals surface area contributed by atoms with Crippen molar-refractivity contribution in [2.75, 3.05) is 4.72 Å². The van der Waals surface area contributed by atoms with Crippen molar-refractivity contribution in [1.82, 2.24) is 0 Å². The summed E-state index contributed by atoms with van der Waals surface area (Å²) >= 11 is 3.10. The number of rotatable bonds is 6. The highest BCUT2D eigenvalue weighted by Crippen LogP contribution is 2.27. The Morgan fingerprint density at radius 2 is 1.95 bits per heavy atom. The molecule has 1 heterocycles. The number of hydrogen-bond acceptors (Lipinski definition) is 4. The van der Waals surface area contributed by atoms with Crippen LogP contribution in [0.5, 0.6) is 0 Å². The summed E-state index contributed by atoms with van der Waals surface area (Å²) in [6.45, 7) is 2.24. The molecule has 114 valence electrons. The molecular formula is C14H17BrN2O3S. The molecule has 0 unspecified atom stereocenters. The maximum Gasteiger partial charge on any atom is 0.266 e. The number of benzene rings is 1. The Hall–Kier alpha value is -1.31. The summed E-state index contributed by atoms with van der Waals surface area (Å²) < 4.78 is 32.5. The summed E-state index contributed by atoms with van der Waals surface area (Å²) in [5.41, 5.74) is 7.13. The van der Waals surface area contributed by atoms with E-state index in [0.717, 1.165) is 12.8 Å². The van der Waals surface area contributed by atoms with E-state index in [2.05, 4.69) is 27.6 Å². The number of hydrogen-bond donors (Lipinski definition) is 2. The Morgan fingerprint density at radius 1 is 1.29 bits per heavy atom. The molecule has 0 saturated heterocycles. The molecule has 0 bridgehead atoms. The highest BCUT2D eigenvalue weighted by atomic mass is 79.9. The quantitative estimate of drug-likeness (QED) is 0.814. The molecule has 2 aromatic rings. The third-order valence-electron chi connectivity index (χ3n) is 2.94. The predicted octanol–water partition coefficient (Wildman–Crippen LogP) is 3.25. The molecule has 0 aliphatic carbocycles. The maximum absolute atomic E-state index is 12.3. The summed E-state index contributed by atoms with van der Waals surface area (Å²) in [6, 6.07) is 8.74. The normalized spacial score (nSPS) is 11.6. The van der Waals surface area contributed by atoms with Gasteiger partial charge in [-0.25, -0.2) is 8.42 Å². The Morgan fingerprint density at radius 3 is 2.48 bits per heavy atom. The van der Waals surface area contributed by atoms with Crippen molar-refractivity contribution in [2.45, 2.75) is 31.2 Å². The topological polar surface area (TPSA) is 85.3 Å². The second kappa shape index (κ2) is 6.64. The summed E-state index contributed by atoms with van der Waals surface area (Å²) in [4.78, 5) is 0.0422. The molecule has 0 radical (unpaired) electrons. The zero-order chi connectivity index (χ0) is 15.5. The van der Waals surface area contributed by atoms with Gasteiger partial charge in [-0.3, -0.25) is 4.72 Å². The van der Waals surface area contributed by atoms with E-state index in [1.807, 2.05) is 12.1 Å². The first-order valence-electron chi connectivity index (χ1n) is 6.56. The fraction of sp³-hybridized carbons (Fsp3) is 0.286. The van der Waals surface area contributed by atoms with E-state index in [-0.39, 0.29) is 16.1 Å². The van der Waals surface area contributed by atoms with E-state index in [4.69, 9.17) is 10.2 Å². The second-order valence-corrected chi connectivity index (χ2v) is 6.98. The van der Waals surface area contributed by atoms with Crippen molar-refractivity contribution in [1.29, 1.82) is 0 Å². The standard InChI is InChI=1S/C14H17BrN2O3S/c1-2-3-10-4-6-11(7-5-10)17-21(18,19)13-8-12(9-16)20-14(13)15/h4-8,17H,2-3,9,16H2,1H3. The van der Waals surface area contributed by atoms with Crippen molar-refractivity contribution in [3.8, 4) is 0 Å². The minimum absolute atomic E-state index is 0.0422. The van der Waals surface area contributed by atoms with Crippen LogP contribution in [-0.4, -0.2) is 8.42 Å². The minimum Gasteiger partial charge on any atom is -0.452 e. The molecule has 0 amide bonds. The average Bonchev–Trinajstić information content (AvgIpc) is 2.83. The molecule has 3 N–H and O–H groups in total. The Labute approximate surface area is 132 Å². The molecule has 1 aromatic heterocycles. The van der Waals surface area contributed by atoms with Gasteiger partial charge < -0.3 is 10.2 Å². The first-order valence-corrected chi connectivity index (χ1v) is 8.84. The van der Waals surface area contributed by atoms with Crippen molar-refractivity contribution >= 4 is 31.6 Å². The fourth-order valence-electron chi connectivity index (χ4n) is 1.92. The SMILES string of the molecule is CCCc1ccc(NS(=O)(=O)c2cc(CN)oc2Br)cc1. The maximum atomic E-state index is 12.3. The van der Waals surface area contributed by atoms with Gasteiger partial charge in [0.05, 0.1) is 6.54 Å². The predicted molar refractivity (Wildman–Crippen MR) is 85.5 cm³/mol. The highest BCUT2D eigenvalue weighted by Gasteiger charge is 2.22. The van der Waals surface area contributed by atoms with Crippen LogP contribution in [0.4, 0.5) is 5.69 Å². The highest BCUT2D eigenvalue weighted by molar-refractivity contribution is 9.10. The van der Waals surface area contributed by atoms with E-state index < -0.39 is 10.0 Å². The number of anilines is 1. The molecule has 0 aliphatic rings. The van der Waals surface area contributed by atoms with Gasteiger partial charge in [-0.2, -0.15) is 0 Å². The molecule has 0 atom stereocenters. The Kier molecular flexibility index (Phi) is 5.08. The Balaban J connectivity index is 2.22. The molecule has 7 heteroatoms. The van der Waals surface area contributed by atoms with Crippen LogP contribution >= 0.6 is 15.9 Å². The molecule has 2 rings (SSSR count). The number of nitrogens with two attached hydrogens (primary N) is 1. The Bertz CT molecular complexity index is 708. The third-order valence-corrected chi connectivity index (χ3v) is 5.18. The van der Waals surface area contributed by atoms with Gasteiger partial charge in [-0.15, -0.1) is 0 Å². The molecule has 5 nitrogen and oxygen atoms in total. The molecule has 0 aliphatic heterocycles. The molecule has 0 saturated carbocycles. The van der Waals surface area contributed by atoms with Gasteiger partial charge in [0.15, 0.2) is 4.67 Å².